The predicted molar refractivity (Wildman–Crippen MR) is 73.1 cm³/mol. The van der Waals surface area contributed by atoms with Gasteiger partial charge in [-0.05, 0) is 35.7 Å². The van der Waals surface area contributed by atoms with Crippen molar-refractivity contribution < 1.29 is 17.9 Å². The molecule has 2 aromatic rings. The summed E-state index contributed by atoms with van der Waals surface area (Å²) in [5.74, 6) is 3.20. The minimum atomic E-state index is -0.917. The Hall–Kier alpha value is -2.05. The summed E-state index contributed by atoms with van der Waals surface area (Å²) in [4.78, 5) is 0. The number of nitrogens with two attached hydrogens (primary N) is 1. The van der Waals surface area contributed by atoms with E-state index in [2.05, 4.69) is 5.43 Å². The lowest BCUT2D eigenvalue weighted by atomic mass is 9.98. The highest BCUT2D eigenvalue weighted by atomic mass is 19.2. The Morgan fingerprint density at radius 2 is 1.90 bits per heavy atom. The van der Waals surface area contributed by atoms with Crippen molar-refractivity contribution in [2.45, 2.75) is 12.5 Å². The highest BCUT2D eigenvalue weighted by Crippen LogP contribution is 2.25. The van der Waals surface area contributed by atoms with E-state index in [1.807, 2.05) is 0 Å². The maximum absolute atomic E-state index is 13.7. The van der Waals surface area contributed by atoms with E-state index in [9.17, 15) is 13.2 Å². The van der Waals surface area contributed by atoms with Crippen molar-refractivity contribution >= 4 is 0 Å². The van der Waals surface area contributed by atoms with Crippen LogP contribution in [0.25, 0.3) is 0 Å². The summed E-state index contributed by atoms with van der Waals surface area (Å²) < 4.78 is 45.2. The van der Waals surface area contributed by atoms with Crippen LogP contribution in [0.4, 0.5) is 13.2 Å². The van der Waals surface area contributed by atoms with Gasteiger partial charge in [0.15, 0.2) is 23.2 Å². The van der Waals surface area contributed by atoms with Gasteiger partial charge in [0.25, 0.3) is 0 Å². The molecule has 0 spiro atoms. The number of benzene rings is 2. The number of ether oxygens (including phenoxy) is 1. The van der Waals surface area contributed by atoms with Gasteiger partial charge < -0.3 is 4.74 Å². The van der Waals surface area contributed by atoms with Crippen molar-refractivity contribution in [1.82, 2.24) is 5.43 Å². The number of halogens is 3. The summed E-state index contributed by atoms with van der Waals surface area (Å²) in [6, 6.07) is 7.66. The first kappa shape index (κ1) is 15.3. The second-order valence-electron chi connectivity index (χ2n) is 4.53. The molecule has 21 heavy (non-hydrogen) atoms. The highest BCUT2D eigenvalue weighted by molar-refractivity contribution is 5.33. The molecule has 0 bridgehead atoms. The summed E-state index contributed by atoms with van der Waals surface area (Å²) in [6.07, 6.45) is 0.120. The Morgan fingerprint density at radius 1 is 1.14 bits per heavy atom. The number of hydrogen-bond acceptors (Lipinski definition) is 3. The number of hydrazine groups is 1. The molecular weight excluding hydrogens is 281 g/mol. The quantitative estimate of drug-likeness (QED) is 0.659. The van der Waals surface area contributed by atoms with E-state index in [1.165, 1.54) is 37.4 Å². The topological polar surface area (TPSA) is 47.3 Å². The lowest BCUT2D eigenvalue weighted by molar-refractivity contribution is 0.384. The number of rotatable bonds is 5. The molecule has 0 aliphatic rings. The number of hydrogen-bond donors (Lipinski definition) is 2. The Kier molecular flexibility index (Phi) is 4.82. The first-order valence-electron chi connectivity index (χ1n) is 6.29. The fourth-order valence-electron chi connectivity index (χ4n) is 2.09. The SMILES string of the molecule is COc1cc(C(Cc2cccc(F)c2F)NN)ccc1F. The average molecular weight is 296 g/mol. The van der Waals surface area contributed by atoms with Crippen LogP contribution >= 0.6 is 0 Å². The van der Waals surface area contributed by atoms with E-state index in [0.29, 0.717) is 5.56 Å². The fraction of sp³-hybridized carbons (Fsp3) is 0.200. The van der Waals surface area contributed by atoms with E-state index >= 15 is 0 Å². The van der Waals surface area contributed by atoms with E-state index in [0.717, 1.165) is 6.07 Å². The molecule has 0 saturated heterocycles. The van der Waals surface area contributed by atoms with Gasteiger partial charge in [-0.2, -0.15) is 0 Å². The molecule has 0 radical (unpaired) electrons. The van der Waals surface area contributed by atoms with Gasteiger partial charge in [0, 0.05) is 0 Å². The second kappa shape index (κ2) is 6.60. The molecule has 2 aromatic carbocycles. The van der Waals surface area contributed by atoms with Gasteiger partial charge in [-0.3, -0.25) is 11.3 Å². The van der Waals surface area contributed by atoms with Crippen molar-refractivity contribution in [2.75, 3.05) is 7.11 Å². The van der Waals surface area contributed by atoms with Gasteiger partial charge in [-0.1, -0.05) is 18.2 Å². The Balaban J connectivity index is 2.30. The number of methoxy groups -OCH3 is 1. The van der Waals surface area contributed by atoms with Crippen LogP contribution in [-0.2, 0) is 6.42 Å². The van der Waals surface area contributed by atoms with Crippen LogP contribution in [0.5, 0.6) is 5.75 Å². The third-order valence-corrected chi connectivity index (χ3v) is 3.23. The van der Waals surface area contributed by atoms with Crippen LogP contribution in [0.3, 0.4) is 0 Å². The maximum atomic E-state index is 13.7. The molecule has 0 saturated carbocycles. The van der Waals surface area contributed by atoms with Crippen molar-refractivity contribution in [3.05, 3.63) is 65.0 Å². The van der Waals surface area contributed by atoms with E-state index in [4.69, 9.17) is 10.6 Å². The minimum absolute atomic E-state index is 0.0625. The van der Waals surface area contributed by atoms with Crippen molar-refractivity contribution in [1.29, 1.82) is 0 Å². The number of nitrogens with one attached hydrogen (secondary N) is 1. The standard InChI is InChI=1S/C15H15F3N2O/c1-21-14-8-9(5-6-11(14)16)13(20-19)7-10-3-2-4-12(17)15(10)18/h2-6,8,13,20H,7,19H2,1H3. The lowest BCUT2D eigenvalue weighted by Gasteiger charge is -2.18. The largest absolute Gasteiger partial charge is 0.494 e. The Labute approximate surface area is 120 Å². The molecule has 0 aromatic heterocycles. The molecule has 3 nitrogen and oxygen atoms in total. The van der Waals surface area contributed by atoms with Gasteiger partial charge in [-0.15, -0.1) is 0 Å². The first-order valence-corrected chi connectivity index (χ1v) is 6.29. The molecule has 0 aliphatic heterocycles. The van der Waals surface area contributed by atoms with Crippen LogP contribution in [-0.4, -0.2) is 7.11 Å². The summed E-state index contributed by atoms with van der Waals surface area (Å²) in [5.41, 5.74) is 3.31. The van der Waals surface area contributed by atoms with Crippen LogP contribution in [0.2, 0.25) is 0 Å². The normalized spacial score (nSPS) is 12.2. The van der Waals surface area contributed by atoms with Crippen LogP contribution in [0.1, 0.15) is 17.2 Å². The summed E-state index contributed by atoms with van der Waals surface area (Å²) >= 11 is 0. The molecule has 2 rings (SSSR count). The lowest BCUT2D eigenvalue weighted by Crippen LogP contribution is -2.30. The molecule has 6 heteroatoms. The smallest absolute Gasteiger partial charge is 0.165 e. The zero-order valence-corrected chi connectivity index (χ0v) is 11.4. The maximum Gasteiger partial charge on any atom is 0.165 e. The fourth-order valence-corrected chi connectivity index (χ4v) is 2.09. The summed E-state index contributed by atoms with van der Waals surface area (Å²) in [7, 11) is 1.35. The molecule has 3 N–H and O–H groups in total. The van der Waals surface area contributed by atoms with E-state index < -0.39 is 23.5 Å². The van der Waals surface area contributed by atoms with E-state index in [-0.39, 0.29) is 17.7 Å². The molecule has 112 valence electrons. The van der Waals surface area contributed by atoms with Gasteiger partial charge in [0.1, 0.15) is 0 Å². The first-order chi connectivity index (χ1) is 10.1. The van der Waals surface area contributed by atoms with E-state index in [1.54, 1.807) is 0 Å². The van der Waals surface area contributed by atoms with Gasteiger partial charge in [0.05, 0.1) is 13.2 Å². The minimum Gasteiger partial charge on any atom is -0.494 e. The molecule has 0 heterocycles. The van der Waals surface area contributed by atoms with Crippen LogP contribution in [0, 0.1) is 17.5 Å². The molecule has 1 unspecified atom stereocenters. The molecule has 0 aliphatic carbocycles. The van der Waals surface area contributed by atoms with Gasteiger partial charge >= 0.3 is 0 Å². The molecular formula is C15H15F3N2O. The average Bonchev–Trinajstić information content (AvgIpc) is 2.49. The van der Waals surface area contributed by atoms with Crippen molar-refractivity contribution in [3.8, 4) is 5.75 Å². The monoisotopic (exact) mass is 296 g/mol. The van der Waals surface area contributed by atoms with Crippen LogP contribution in [0.15, 0.2) is 36.4 Å². The van der Waals surface area contributed by atoms with Gasteiger partial charge in [-0.25, -0.2) is 13.2 Å². The third kappa shape index (κ3) is 3.34. The Bertz CT molecular complexity index is 634. The molecule has 0 fully saturated rings. The van der Waals surface area contributed by atoms with Crippen LogP contribution < -0.4 is 16.0 Å². The molecule has 0 amide bonds. The highest BCUT2D eigenvalue weighted by Gasteiger charge is 2.17. The summed E-state index contributed by atoms with van der Waals surface area (Å²) in [6.45, 7) is 0. The van der Waals surface area contributed by atoms with Crippen molar-refractivity contribution in [2.24, 2.45) is 5.84 Å². The zero-order valence-electron chi connectivity index (χ0n) is 11.4. The molecule has 1 atom stereocenters. The predicted octanol–water partition coefficient (Wildman–Crippen LogP) is 2.86. The van der Waals surface area contributed by atoms with Crippen molar-refractivity contribution in [3.63, 3.8) is 0 Å². The third-order valence-electron chi connectivity index (χ3n) is 3.23. The zero-order chi connectivity index (χ0) is 15.4. The Morgan fingerprint density at radius 3 is 2.57 bits per heavy atom. The second-order valence-corrected chi connectivity index (χ2v) is 4.53. The summed E-state index contributed by atoms with van der Waals surface area (Å²) in [5, 5.41) is 0. The van der Waals surface area contributed by atoms with Gasteiger partial charge in [0.2, 0.25) is 0 Å².